The summed E-state index contributed by atoms with van der Waals surface area (Å²) < 4.78 is 0. The fourth-order valence-corrected chi connectivity index (χ4v) is 4.72. The number of aromatic hydroxyl groups is 1. The zero-order chi connectivity index (χ0) is 28.6. The highest BCUT2D eigenvalue weighted by Gasteiger charge is 2.32. The van der Waals surface area contributed by atoms with E-state index in [0.29, 0.717) is 24.1 Å². The van der Waals surface area contributed by atoms with E-state index < -0.39 is 54.5 Å². The fraction of sp³-hybridized carbons (Fsp3) is 0.357. The number of phenolic OH excluding ortho intramolecular Hbond substituents is 1. The summed E-state index contributed by atoms with van der Waals surface area (Å²) in [5.74, 6) is -3.20. The SMILES string of the molecule is O=C(O)[C@H](Cc1ccc(O)cc1)NC(=O)[C@H](Cc1c[nH]c2ccccc12)NC(=O)[C@H](CO)NC(=O)[C@@H]1CCCN1. The minimum absolute atomic E-state index is 0.0173. The number of amides is 3. The van der Waals surface area contributed by atoms with Crippen LogP contribution in [0.15, 0.2) is 54.7 Å². The minimum atomic E-state index is -1.32. The number of carboxylic acid groups (broad SMARTS) is 1. The van der Waals surface area contributed by atoms with Gasteiger partial charge in [0.15, 0.2) is 0 Å². The van der Waals surface area contributed by atoms with Gasteiger partial charge < -0.3 is 41.6 Å². The van der Waals surface area contributed by atoms with E-state index in [4.69, 9.17) is 0 Å². The number of aliphatic hydroxyl groups excluding tert-OH is 1. The van der Waals surface area contributed by atoms with E-state index >= 15 is 0 Å². The Bertz CT molecular complexity index is 1350. The molecule has 1 aliphatic heterocycles. The number of carbonyl (C=O) groups excluding carboxylic acids is 3. The number of aliphatic carboxylic acids is 1. The predicted octanol–water partition coefficient (Wildman–Crippen LogP) is -0.0580. The Balaban J connectivity index is 1.52. The van der Waals surface area contributed by atoms with E-state index in [1.807, 2.05) is 24.3 Å². The van der Waals surface area contributed by atoms with Crippen molar-refractivity contribution in [1.82, 2.24) is 26.3 Å². The lowest BCUT2D eigenvalue weighted by atomic mass is 10.0. The van der Waals surface area contributed by atoms with Gasteiger partial charge in [0.25, 0.3) is 0 Å². The largest absolute Gasteiger partial charge is 0.508 e. The molecule has 3 amide bonds. The number of benzene rings is 2. The Morgan fingerprint density at radius 1 is 0.900 bits per heavy atom. The third-order valence-electron chi connectivity index (χ3n) is 6.92. The lowest BCUT2D eigenvalue weighted by Crippen LogP contribution is -2.58. The second-order valence-corrected chi connectivity index (χ2v) is 9.79. The van der Waals surface area contributed by atoms with Crippen LogP contribution in [0.25, 0.3) is 10.9 Å². The Labute approximate surface area is 230 Å². The van der Waals surface area contributed by atoms with Crippen molar-refractivity contribution in [3.8, 4) is 5.75 Å². The van der Waals surface area contributed by atoms with Crippen LogP contribution in [-0.2, 0) is 32.0 Å². The van der Waals surface area contributed by atoms with Gasteiger partial charge in [0.05, 0.1) is 12.6 Å². The topological polar surface area (TPSA) is 193 Å². The standard InChI is InChI=1S/C28H33N5O7/c34-15-24(33-25(36)21-6-3-11-29-21)27(38)31-22(13-17-14-30-20-5-2-1-4-19(17)20)26(37)32-23(28(39)40)12-16-7-9-18(35)10-8-16/h1-2,4-5,7-10,14,21-24,29-30,34-35H,3,6,11-13,15H2,(H,31,38)(H,32,37)(H,33,36)(H,39,40)/t21-,22-,23-,24-/m0/s1. The molecule has 212 valence electrons. The number of nitrogens with one attached hydrogen (secondary N) is 5. The zero-order valence-electron chi connectivity index (χ0n) is 21.7. The van der Waals surface area contributed by atoms with E-state index in [-0.39, 0.29) is 18.6 Å². The first kappa shape index (κ1) is 28.6. The predicted molar refractivity (Wildman–Crippen MR) is 145 cm³/mol. The second-order valence-electron chi connectivity index (χ2n) is 9.79. The molecule has 1 fully saturated rings. The van der Waals surface area contributed by atoms with Gasteiger partial charge in [-0.05, 0) is 48.7 Å². The monoisotopic (exact) mass is 551 g/mol. The number of hydrogen-bond donors (Lipinski definition) is 8. The highest BCUT2D eigenvalue weighted by molar-refractivity contribution is 5.95. The maximum atomic E-state index is 13.4. The van der Waals surface area contributed by atoms with Crippen molar-refractivity contribution in [3.05, 3.63) is 65.9 Å². The quantitative estimate of drug-likeness (QED) is 0.153. The number of rotatable bonds is 12. The van der Waals surface area contributed by atoms with Crippen LogP contribution in [0.3, 0.4) is 0 Å². The number of aromatic amines is 1. The van der Waals surface area contributed by atoms with Crippen LogP contribution in [-0.4, -0.2) is 81.3 Å². The number of aromatic nitrogens is 1. The van der Waals surface area contributed by atoms with Crippen LogP contribution in [0.1, 0.15) is 24.0 Å². The summed E-state index contributed by atoms with van der Waals surface area (Å²) >= 11 is 0. The summed E-state index contributed by atoms with van der Waals surface area (Å²) in [5, 5.41) is 40.6. The van der Waals surface area contributed by atoms with Crippen LogP contribution >= 0.6 is 0 Å². The first-order valence-electron chi connectivity index (χ1n) is 13.1. The molecule has 1 saturated heterocycles. The summed E-state index contributed by atoms with van der Waals surface area (Å²) in [6, 6.07) is 9.03. The first-order valence-corrected chi connectivity index (χ1v) is 13.1. The maximum Gasteiger partial charge on any atom is 0.326 e. The molecule has 2 aromatic carbocycles. The summed E-state index contributed by atoms with van der Waals surface area (Å²) in [6.45, 7) is -0.0137. The van der Waals surface area contributed by atoms with Crippen molar-refractivity contribution < 1.29 is 34.5 Å². The smallest absolute Gasteiger partial charge is 0.326 e. The molecule has 12 nitrogen and oxygen atoms in total. The van der Waals surface area contributed by atoms with Crippen molar-refractivity contribution >= 4 is 34.6 Å². The second kappa shape index (κ2) is 13.1. The third-order valence-corrected chi connectivity index (χ3v) is 6.92. The number of H-pyrrole nitrogens is 1. The number of carboxylic acids is 1. The summed E-state index contributed by atoms with van der Waals surface area (Å²) in [7, 11) is 0. The van der Waals surface area contributed by atoms with Gasteiger partial charge in [0, 0.05) is 29.9 Å². The molecular formula is C28H33N5O7. The zero-order valence-corrected chi connectivity index (χ0v) is 21.7. The number of para-hydroxylation sites is 1. The van der Waals surface area contributed by atoms with Gasteiger partial charge in [-0.15, -0.1) is 0 Å². The Hall–Kier alpha value is -4.42. The highest BCUT2D eigenvalue weighted by Crippen LogP contribution is 2.19. The van der Waals surface area contributed by atoms with Crippen molar-refractivity contribution in [2.75, 3.05) is 13.2 Å². The Morgan fingerprint density at radius 2 is 1.60 bits per heavy atom. The molecule has 0 bridgehead atoms. The lowest BCUT2D eigenvalue weighted by Gasteiger charge is -2.24. The van der Waals surface area contributed by atoms with Gasteiger partial charge in [-0.2, -0.15) is 0 Å². The average molecular weight is 552 g/mol. The number of carbonyl (C=O) groups is 4. The van der Waals surface area contributed by atoms with E-state index in [0.717, 1.165) is 17.3 Å². The van der Waals surface area contributed by atoms with E-state index in [2.05, 4.69) is 26.3 Å². The molecule has 0 spiro atoms. The number of phenols is 1. The van der Waals surface area contributed by atoms with Crippen LogP contribution in [0, 0.1) is 0 Å². The van der Waals surface area contributed by atoms with Crippen molar-refractivity contribution in [3.63, 3.8) is 0 Å². The molecule has 40 heavy (non-hydrogen) atoms. The van der Waals surface area contributed by atoms with Crippen LogP contribution < -0.4 is 21.3 Å². The van der Waals surface area contributed by atoms with E-state index in [1.165, 1.54) is 12.1 Å². The molecule has 12 heteroatoms. The summed E-state index contributed by atoms with van der Waals surface area (Å²) in [4.78, 5) is 54.2. The third kappa shape index (κ3) is 7.16. The molecular weight excluding hydrogens is 518 g/mol. The molecule has 0 unspecified atom stereocenters. The molecule has 2 heterocycles. The van der Waals surface area contributed by atoms with Gasteiger partial charge in [0.1, 0.15) is 23.9 Å². The minimum Gasteiger partial charge on any atom is -0.508 e. The van der Waals surface area contributed by atoms with Crippen molar-refractivity contribution in [2.24, 2.45) is 0 Å². The summed E-state index contributed by atoms with van der Waals surface area (Å²) in [6.07, 6.45) is 3.09. The molecule has 0 radical (unpaired) electrons. The molecule has 1 aliphatic rings. The van der Waals surface area contributed by atoms with Gasteiger partial charge in [-0.3, -0.25) is 14.4 Å². The van der Waals surface area contributed by atoms with Crippen LogP contribution in [0.4, 0.5) is 0 Å². The lowest BCUT2D eigenvalue weighted by molar-refractivity contribution is -0.142. The number of fused-ring (bicyclic) bond motifs is 1. The Kier molecular flexibility index (Phi) is 9.35. The van der Waals surface area contributed by atoms with Crippen molar-refractivity contribution in [1.29, 1.82) is 0 Å². The molecule has 4 atom stereocenters. The van der Waals surface area contributed by atoms with Gasteiger partial charge >= 0.3 is 5.97 Å². The normalized spacial score (nSPS) is 17.1. The van der Waals surface area contributed by atoms with Crippen molar-refractivity contribution in [2.45, 2.75) is 49.9 Å². The molecule has 0 saturated carbocycles. The molecule has 0 aliphatic carbocycles. The molecule has 4 rings (SSSR count). The average Bonchev–Trinajstić information content (AvgIpc) is 3.63. The molecule has 8 N–H and O–H groups in total. The Morgan fingerprint density at radius 3 is 2.27 bits per heavy atom. The highest BCUT2D eigenvalue weighted by atomic mass is 16.4. The summed E-state index contributed by atoms with van der Waals surface area (Å²) in [5.41, 5.74) is 2.11. The first-order chi connectivity index (χ1) is 19.2. The molecule has 3 aromatic rings. The van der Waals surface area contributed by atoms with Gasteiger partial charge in [-0.25, -0.2) is 4.79 Å². The van der Waals surface area contributed by atoms with Gasteiger partial charge in [0.2, 0.25) is 17.7 Å². The van der Waals surface area contributed by atoms with E-state index in [1.54, 1.807) is 18.3 Å². The molecule has 1 aromatic heterocycles. The van der Waals surface area contributed by atoms with Crippen LogP contribution in [0.2, 0.25) is 0 Å². The number of hydrogen-bond acceptors (Lipinski definition) is 7. The van der Waals surface area contributed by atoms with Gasteiger partial charge in [-0.1, -0.05) is 30.3 Å². The number of aliphatic hydroxyl groups is 1. The van der Waals surface area contributed by atoms with E-state index in [9.17, 15) is 34.5 Å². The van der Waals surface area contributed by atoms with Crippen LogP contribution in [0.5, 0.6) is 5.75 Å². The fourth-order valence-electron chi connectivity index (χ4n) is 4.72. The maximum absolute atomic E-state index is 13.4.